The summed E-state index contributed by atoms with van der Waals surface area (Å²) in [7, 11) is -5.32. The van der Waals surface area contributed by atoms with Gasteiger partial charge in [-0.3, -0.25) is 0 Å². The third-order valence-electron chi connectivity index (χ3n) is 4.36. The second-order valence-electron chi connectivity index (χ2n) is 6.38. The van der Waals surface area contributed by atoms with Crippen LogP contribution >= 0.6 is 24.0 Å². The van der Waals surface area contributed by atoms with Crippen molar-refractivity contribution in [2.45, 2.75) is 37.9 Å². The predicted molar refractivity (Wildman–Crippen MR) is 114 cm³/mol. The molecular weight excluding hydrogens is 541 g/mol. The van der Waals surface area contributed by atoms with E-state index in [4.69, 9.17) is 5.26 Å². The number of guanidine groups is 1. The highest BCUT2D eigenvalue weighted by molar-refractivity contribution is 14.0. The zero-order chi connectivity index (χ0) is 21.7. The van der Waals surface area contributed by atoms with Gasteiger partial charge in [-0.15, -0.1) is 24.0 Å². The van der Waals surface area contributed by atoms with Crippen molar-refractivity contribution >= 4 is 40.0 Å². The SMILES string of the molecule is CCNC(=NCc1ccc(C#N)cc1F)NC1CCN(S(=O)(=O)C(F)(F)F)CC1.I. The number of rotatable bonds is 5. The highest BCUT2D eigenvalue weighted by Crippen LogP contribution is 2.28. The minimum Gasteiger partial charge on any atom is -0.357 e. The summed E-state index contributed by atoms with van der Waals surface area (Å²) in [6, 6.07) is 5.61. The summed E-state index contributed by atoms with van der Waals surface area (Å²) in [5.74, 6) is -0.220. The summed E-state index contributed by atoms with van der Waals surface area (Å²) in [4.78, 5) is 4.26. The molecule has 0 bridgehead atoms. The lowest BCUT2D eigenvalue weighted by atomic mass is 10.1. The maximum Gasteiger partial charge on any atom is 0.511 e. The number of benzene rings is 1. The van der Waals surface area contributed by atoms with Crippen LogP contribution < -0.4 is 10.6 Å². The van der Waals surface area contributed by atoms with E-state index in [0.29, 0.717) is 16.8 Å². The lowest BCUT2D eigenvalue weighted by Crippen LogP contribution is -2.51. The molecule has 1 aromatic carbocycles. The van der Waals surface area contributed by atoms with Crippen molar-refractivity contribution in [2.24, 2.45) is 4.99 Å². The van der Waals surface area contributed by atoms with Gasteiger partial charge >= 0.3 is 15.5 Å². The largest absolute Gasteiger partial charge is 0.511 e. The highest BCUT2D eigenvalue weighted by Gasteiger charge is 2.50. The van der Waals surface area contributed by atoms with Crippen molar-refractivity contribution in [3.63, 3.8) is 0 Å². The summed E-state index contributed by atoms with van der Waals surface area (Å²) in [5.41, 5.74) is -4.83. The van der Waals surface area contributed by atoms with Gasteiger partial charge in [0.15, 0.2) is 5.96 Å². The van der Waals surface area contributed by atoms with E-state index in [-0.39, 0.29) is 73.6 Å². The summed E-state index contributed by atoms with van der Waals surface area (Å²) < 4.78 is 75.3. The summed E-state index contributed by atoms with van der Waals surface area (Å²) in [6.07, 6.45) is 0.343. The standard InChI is InChI=1S/C17H21F4N5O2S.HI/c1-2-23-16(24-11-13-4-3-12(10-22)9-15(13)18)25-14-5-7-26(8-6-14)29(27,28)17(19,20)21;/h3-4,9,14H,2,5-8,11H2,1H3,(H2,23,24,25);1H. The minimum atomic E-state index is -5.32. The molecule has 30 heavy (non-hydrogen) atoms. The van der Waals surface area contributed by atoms with E-state index in [1.165, 1.54) is 12.1 Å². The highest BCUT2D eigenvalue weighted by atomic mass is 127. The van der Waals surface area contributed by atoms with Crippen LogP contribution in [0, 0.1) is 17.1 Å². The molecule has 0 unspecified atom stereocenters. The first-order chi connectivity index (χ1) is 13.6. The first-order valence-corrected chi connectivity index (χ1v) is 10.3. The molecule has 1 heterocycles. The van der Waals surface area contributed by atoms with E-state index in [2.05, 4.69) is 15.6 Å². The third kappa shape index (κ3) is 6.67. The maximum absolute atomic E-state index is 14.0. The molecule has 0 aromatic heterocycles. The van der Waals surface area contributed by atoms with Gasteiger partial charge in [-0.25, -0.2) is 17.8 Å². The molecule has 168 valence electrons. The summed E-state index contributed by atoms with van der Waals surface area (Å²) in [5, 5.41) is 14.8. The molecule has 0 spiro atoms. The smallest absolute Gasteiger partial charge is 0.357 e. The van der Waals surface area contributed by atoms with Gasteiger partial charge in [0.25, 0.3) is 0 Å². The fourth-order valence-electron chi connectivity index (χ4n) is 2.81. The number of alkyl halides is 3. The van der Waals surface area contributed by atoms with Crippen molar-refractivity contribution in [2.75, 3.05) is 19.6 Å². The molecule has 13 heteroatoms. The van der Waals surface area contributed by atoms with E-state index >= 15 is 0 Å². The molecule has 2 rings (SSSR count). The molecule has 1 aliphatic heterocycles. The average Bonchev–Trinajstić information content (AvgIpc) is 2.66. The Morgan fingerprint density at radius 3 is 2.47 bits per heavy atom. The van der Waals surface area contributed by atoms with E-state index in [0.717, 1.165) is 6.07 Å². The number of nitrogens with one attached hydrogen (secondary N) is 2. The van der Waals surface area contributed by atoms with Crippen LogP contribution in [0.25, 0.3) is 0 Å². The Kier molecular flexibility index (Phi) is 9.76. The fourth-order valence-corrected chi connectivity index (χ4v) is 3.79. The van der Waals surface area contributed by atoms with Crippen LogP contribution in [0.15, 0.2) is 23.2 Å². The normalized spacial score (nSPS) is 16.5. The van der Waals surface area contributed by atoms with E-state index in [1.807, 2.05) is 13.0 Å². The first kappa shape index (κ1) is 26.4. The Balaban J connectivity index is 0.00000450. The quantitative estimate of drug-likeness (QED) is 0.249. The van der Waals surface area contributed by atoms with Gasteiger partial charge in [0, 0.05) is 31.2 Å². The number of hydrogen-bond acceptors (Lipinski definition) is 4. The van der Waals surface area contributed by atoms with Gasteiger partial charge in [-0.2, -0.15) is 22.7 Å². The molecule has 1 aliphatic rings. The van der Waals surface area contributed by atoms with Crippen LogP contribution in [0.2, 0.25) is 0 Å². The Morgan fingerprint density at radius 2 is 1.97 bits per heavy atom. The van der Waals surface area contributed by atoms with Crippen LogP contribution in [-0.4, -0.2) is 49.9 Å². The molecule has 0 saturated carbocycles. The van der Waals surface area contributed by atoms with Crippen molar-refractivity contribution < 1.29 is 26.0 Å². The Labute approximate surface area is 189 Å². The zero-order valence-corrected chi connectivity index (χ0v) is 19.2. The number of aliphatic imine (C=N–C) groups is 1. The Morgan fingerprint density at radius 1 is 1.33 bits per heavy atom. The molecule has 1 aromatic rings. The molecule has 1 fully saturated rings. The van der Waals surface area contributed by atoms with E-state index in [1.54, 1.807) is 0 Å². The van der Waals surface area contributed by atoms with Gasteiger partial charge in [0.05, 0.1) is 18.2 Å². The number of piperidine rings is 1. The minimum absolute atomic E-state index is 0. The Bertz CT molecular complexity index is 894. The monoisotopic (exact) mass is 563 g/mol. The van der Waals surface area contributed by atoms with Gasteiger partial charge in [0.2, 0.25) is 0 Å². The molecule has 2 N–H and O–H groups in total. The van der Waals surface area contributed by atoms with E-state index < -0.39 is 21.3 Å². The molecular formula is C17H22F4IN5O2S. The van der Waals surface area contributed by atoms with Gasteiger partial charge in [-0.05, 0) is 31.9 Å². The maximum atomic E-state index is 14.0. The lowest BCUT2D eigenvalue weighted by molar-refractivity contribution is -0.0494. The van der Waals surface area contributed by atoms with Crippen LogP contribution in [0.1, 0.15) is 30.9 Å². The van der Waals surface area contributed by atoms with Crippen LogP contribution in [-0.2, 0) is 16.6 Å². The second-order valence-corrected chi connectivity index (χ2v) is 8.31. The van der Waals surface area contributed by atoms with Crippen molar-refractivity contribution in [3.8, 4) is 6.07 Å². The molecule has 1 saturated heterocycles. The van der Waals surface area contributed by atoms with Crippen molar-refractivity contribution in [1.82, 2.24) is 14.9 Å². The van der Waals surface area contributed by atoms with E-state index in [9.17, 15) is 26.0 Å². The lowest BCUT2D eigenvalue weighted by Gasteiger charge is -2.32. The van der Waals surface area contributed by atoms with Crippen LogP contribution in [0.5, 0.6) is 0 Å². The number of sulfonamides is 1. The molecule has 7 nitrogen and oxygen atoms in total. The molecule has 0 atom stereocenters. The molecule has 0 radical (unpaired) electrons. The number of halogens is 5. The zero-order valence-electron chi connectivity index (χ0n) is 16.0. The van der Waals surface area contributed by atoms with Gasteiger partial charge in [0.1, 0.15) is 5.82 Å². The number of nitrogens with zero attached hydrogens (tertiary/aromatic N) is 3. The third-order valence-corrected chi connectivity index (χ3v) is 5.99. The number of hydrogen-bond donors (Lipinski definition) is 2. The van der Waals surface area contributed by atoms with Crippen molar-refractivity contribution in [3.05, 3.63) is 35.1 Å². The van der Waals surface area contributed by atoms with Crippen LogP contribution in [0.3, 0.4) is 0 Å². The topological polar surface area (TPSA) is 97.6 Å². The summed E-state index contributed by atoms with van der Waals surface area (Å²) >= 11 is 0. The van der Waals surface area contributed by atoms with Crippen molar-refractivity contribution in [1.29, 1.82) is 5.26 Å². The average molecular weight is 563 g/mol. The number of nitriles is 1. The van der Waals surface area contributed by atoms with Crippen LogP contribution in [0.4, 0.5) is 17.6 Å². The molecule has 0 amide bonds. The first-order valence-electron chi connectivity index (χ1n) is 8.88. The second kappa shape index (κ2) is 11.1. The van der Waals surface area contributed by atoms with Gasteiger partial charge in [-0.1, -0.05) is 6.07 Å². The Hall–Kier alpha value is -1.66. The fraction of sp³-hybridized carbons (Fsp3) is 0.529. The van der Waals surface area contributed by atoms with Gasteiger partial charge < -0.3 is 10.6 Å². The molecule has 0 aliphatic carbocycles. The predicted octanol–water partition coefficient (Wildman–Crippen LogP) is 2.68. The summed E-state index contributed by atoms with van der Waals surface area (Å²) in [6.45, 7) is 1.79.